The molecule has 0 fully saturated rings. The van der Waals surface area contributed by atoms with Crippen molar-refractivity contribution in [2.45, 2.75) is 26.6 Å². The van der Waals surface area contributed by atoms with Gasteiger partial charge < -0.3 is 18.8 Å². The van der Waals surface area contributed by atoms with Crippen LogP contribution in [0.15, 0.2) is 101 Å². The molecule has 0 N–H and O–H groups in total. The number of carbonyl (C=O) groups excluding carboxylic acids is 1. The summed E-state index contributed by atoms with van der Waals surface area (Å²) < 4.78 is 17.1. The van der Waals surface area contributed by atoms with Crippen LogP contribution in [0.5, 0.6) is 11.5 Å². The molecule has 0 saturated heterocycles. The van der Waals surface area contributed by atoms with Gasteiger partial charge in [0, 0.05) is 13.1 Å². The molecule has 33 heavy (non-hydrogen) atoms. The lowest BCUT2D eigenvalue weighted by Gasteiger charge is -2.22. The summed E-state index contributed by atoms with van der Waals surface area (Å²) in [6, 6.07) is 30.8. The molecule has 0 radical (unpaired) electrons. The van der Waals surface area contributed by atoms with Crippen LogP contribution in [0.25, 0.3) is 0 Å². The van der Waals surface area contributed by atoms with Crippen molar-refractivity contribution < 1.29 is 18.7 Å². The topological polar surface area (TPSA) is 51.9 Å². The van der Waals surface area contributed by atoms with E-state index in [0.29, 0.717) is 37.0 Å². The van der Waals surface area contributed by atoms with Crippen LogP contribution < -0.4 is 9.47 Å². The Hall–Kier alpha value is -3.99. The second-order valence-corrected chi connectivity index (χ2v) is 7.59. The molecule has 0 aliphatic carbocycles. The molecule has 0 spiro atoms. The van der Waals surface area contributed by atoms with Crippen molar-refractivity contribution >= 4 is 5.91 Å². The number of ether oxygens (including phenoxy) is 2. The van der Waals surface area contributed by atoms with Crippen molar-refractivity contribution in [1.82, 2.24) is 4.90 Å². The van der Waals surface area contributed by atoms with Gasteiger partial charge in [-0.05, 0) is 54.4 Å². The minimum Gasteiger partial charge on any atom is -0.494 e. The van der Waals surface area contributed by atoms with Crippen molar-refractivity contribution in [2.75, 3.05) is 6.61 Å². The molecule has 4 aromatic rings. The van der Waals surface area contributed by atoms with Gasteiger partial charge in [-0.3, -0.25) is 4.79 Å². The van der Waals surface area contributed by atoms with E-state index in [9.17, 15) is 4.79 Å². The first-order valence-corrected chi connectivity index (χ1v) is 11.0. The summed E-state index contributed by atoms with van der Waals surface area (Å²) in [5.41, 5.74) is 2.12. The van der Waals surface area contributed by atoms with E-state index in [1.165, 1.54) is 0 Å². The number of furan rings is 1. The first kappa shape index (κ1) is 22.2. The summed E-state index contributed by atoms with van der Waals surface area (Å²) in [7, 11) is 0. The first-order valence-electron chi connectivity index (χ1n) is 11.0. The molecule has 168 valence electrons. The van der Waals surface area contributed by atoms with Gasteiger partial charge in [0.25, 0.3) is 5.91 Å². The van der Waals surface area contributed by atoms with E-state index in [0.717, 1.165) is 16.9 Å². The molecular formula is C28H27NO4. The third kappa shape index (κ3) is 6.26. The lowest BCUT2D eigenvalue weighted by molar-refractivity contribution is 0.0693. The lowest BCUT2D eigenvalue weighted by atomic mass is 10.1. The van der Waals surface area contributed by atoms with Gasteiger partial charge in [-0.25, -0.2) is 0 Å². The van der Waals surface area contributed by atoms with Gasteiger partial charge in [0.05, 0.1) is 6.61 Å². The quantitative estimate of drug-likeness (QED) is 0.298. The normalized spacial score (nSPS) is 10.6. The summed E-state index contributed by atoms with van der Waals surface area (Å²) in [5, 5.41) is 0. The number of nitrogens with zero attached hydrogens (tertiary/aromatic N) is 1. The number of hydrogen-bond acceptors (Lipinski definition) is 4. The van der Waals surface area contributed by atoms with E-state index in [4.69, 9.17) is 13.9 Å². The summed E-state index contributed by atoms with van der Waals surface area (Å²) in [4.78, 5) is 15.1. The molecule has 3 aromatic carbocycles. The Morgan fingerprint density at radius 3 is 1.82 bits per heavy atom. The number of carbonyl (C=O) groups is 1. The molecule has 0 unspecified atom stereocenters. The number of amides is 1. The Morgan fingerprint density at radius 2 is 1.27 bits per heavy atom. The van der Waals surface area contributed by atoms with Gasteiger partial charge in [-0.15, -0.1) is 0 Å². The summed E-state index contributed by atoms with van der Waals surface area (Å²) in [5.74, 6) is 2.24. The van der Waals surface area contributed by atoms with Crippen LogP contribution in [0.3, 0.4) is 0 Å². The summed E-state index contributed by atoms with van der Waals surface area (Å²) >= 11 is 0. The third-order valence-electron chi connectivity index (χ3n) is 5.11. The molecule has 1 amide bonds. The van der Waals surface area contributed by atoms with Crippen molar-refractivity contribution in [2.24, 2.45) is 0 Å². The standard InChI is InChI=1S/C28H27NO4/c1-2-31-24-13-15-25(16-14-24)32-21-26-17-18-27(33-26)28(30)29(19-22-9-5-3-6-10-22)20-23-11-7-4-8-12-23/h3-18H,2,19-21H2,1H3. The van der Waals surface area contributed by atoms with Crippen molar-refractivity contribution in [3.63, 3.8) is 0 Å². The van der Waals surface area contributed by atoms with Crippen LogP contribution in [0.1, 0.15) is 34.4 Å². The fourth-order valence-electron chi connectivity index (χ4n) is 3.49. The highest BCUT2D eigenvalue weighted by molar-refractivity contribution is 5.91. The Balaban J connectivity index is 1.43. The van der Waals surface area contributed by atoms with E-state index in [-0.39, 0.29) is 12.5 Å². The van der Waals surface area contributed by atoms with E-state index in [2.05, 4.69) is 0 Å². The van der Waals surface area contributed by atoms with E-state index >= 15 is 0 Å². The SMILES string of the molecule is CCOc1ccc(OCc2ccc(C(=O)N(Cc3ccccc3)Cc3ccccc3)o2)cc1. The second-order valence-electron chi connectivity index (χ2n) is 7.59. The molecule has 0 aliphatic rings. The molecule has 0 bridgehead atoms. The van der Waals surface area contributed by atoms with Crippen LogP contribution in [-0.4, -0.2) is 17.4 Å². The Morgan fingerprint density at radius 1 is 0.727 bits per heavy atom. The van der Waals surface area contributed by atoms with Gasteiger partial charge >= 0.3 is 0 Å². The lowest BCUT2D eigenvalue weighted by Crippen LogP contribution is -2.29. The number of hydrogen-bond donors (Lipinski definition) is 0. The van der Waals surface area contributed by atoms with Gasteiger partial charge in [0.2, 0.25) is 0 Å². The predicted octanol–water partition coefficient (Wildman–Crippen LogP) is 6.10. The highest BCUT2D eigenvalue weighted by Gasteiger charge is 2.20. The zero-order valence-electron chi connectivity index (χ0n) is 18.6. The van der Waals surface area contributed by atoms with Crippen molar-refractivity contribution in [3.8, 4) is 11.5 Å². The number of benzene rings is 3. The average molecular weight is 442 g/mol. The second kappa shape index (κ2) is 11.0. The molecule has 0 atom stereocenters. The maximum absolute atomic E-state index is 13.3. The fourth-order valence-corrected chi connectivity index (χ4v) is 3.49. The fraction of sp³-hybridized carbons (Fsp3) is 0.179. The molecule has 0 saturated carbocycles. The zero-order valence-corrected chi connectivity index (χ0v) is 18.6. The highest BCUT2D eigenvalue weighted by Crippen LogP contribution is 2.20. The van der Waals surface area contributed by atoms with Crippen LogP contribution >= 0.6 is 0 Å². The van der Waals surface area contributed by atoms with Gasteiger partial charge in [0.1, 0.15) is 23.9 Å². The van der Waals surface area contributed by atoms with Crippen LogP contribution in [0.4, 0.5) is 0 Å². The Bertz CT molecular complexity index is 1100. The Labute approximate surface area is 194 Å². The minimum absolute atomic E-state index is 0.157. The predicted molar refractivity (Wildman–Crippen MR) is 127 cm³/mol. The Kier molecular flexibility index (Phi) is 7.44. The summed E-state index contributed by atoms with van der Waals surface area (Å²) in [6.45, 7) is 3.79. The molecule has 5 heteroatoms. The van der Waals surface area contributed by atoms with Crippen LogP contribution in [0, 0.1) is 0 Å². The molecule has 5 nitrogen and oxygen atoms in total. The third-order valence-corrected chi connectivity index (χ3v) is 5.11. The van der Waals surface area contributed by atoms with E-state index < -0.39 is 0 Å². The van der Waals surface area contributed by atoms with Crippen molar-refractivity contribution in [3.05, 3.63) is 120 Å². The summed E-state index contributed by atoms with van der Waals surface area (Å²) in [6.07, 6.45) is 0. The smallest absolute Gasteiger partial charge is 0.290 e. The monoisotopic (exact) mass is 441 g/mol. The first-order chi connectivity index (χ1) is 16.2. The molecule has 1 aromatic heterocycles. The highest BCUT2D eigenvalue weighted by atomic mass is 16.5. The molecule has 1 heterocycles. The van der Waals surface area contributed by atoms with Gasteiger partial charge in [-0.2, -0.15) is 0 Å². The molecular weight excluding hydrogens is 414 g/mol. The van der Waals surface area contributed by atoms with Crippen LogP contribution in [-0.2, 0) is 19.7 Å². The largest absolute Gasteiger partial charge is 0.494 e. The minimum atomic E-state index is -0.157. The number of rotatable bonds is 10. The van der Waals surface area contributed by atoms with Gasteiger partial charge in [-0.1, -0.05) is 60.7 Å². The zero-order chi connectivity index (χ0) is 22.9. The molecule has 4 rings (SSSR count). The molecule has 0 aliphatic heterocycles. The van der Waals surface area contributed by atoms with E-state index in [1.807, 2.05) is 91.9 Å². The maximum Gasteiger partial charge on any atom is 0.290 e. The van der Waals surface area contributed by atoms with E-state index in [1.54, 1.807) is 17.0 Å². The maximum atomic E-state index is 13.3. The average Bonchev–Trinajstić information content (AvgIpc) is 3.33. The van der Waals surface area contributed by atoms with Gasteiger partial charge in [0.15, 0.2) is 5.76 Å². The van der Waals surface area contributed by atoms with Crippen LogP contribution in [0.2, 0.25) is 0 Å². The van der Waals surface area contributed by atoms with Crippen molar-refractivity contribution in [1.29, 1.82) is 0 Å².